The van der Waals surface area contributed by atoms with Gasteiger partial charge in [0.25, 0.3) is 0 Å². The first-order valence-electron chi connectivity index (χ1n) is 7.44. The van der Waals surface area contributed by atoms with Gasteiger partial charge in [0.15, 0.2) is 0 Å². The summed E-state index contributed by atoms with van der Waals surface area (Å²) >= 11 is 0. The maximum atomic E-state index is 13.3. The highest BCUT2D eigenvalue weighted by Crippen LogP contribution is 2.24. The number of fused-ring (bicyclic) bond motifs is 1. The van der Waals surface area contributed by atoms with Gasteiger partial charge in [-0.25, -0.2) is 4.39 Å². The number of rotatable bonds is 2. The van der Waals surface area contributed by atoms with Gasteiger partial charge >= 0.3 is 0 Å². The molecule has 0 radical (unpaired) electrons. The Morgan fingerprint density at radius 2 is 2.24 bits per heavy atom. The van der Waals surface area contributed by atoms with Gasteiger partial charge in [0.2, 0.25) is 5.91 Å². The van der Waals surface area contributed by atoms with Crippen molar-refractivity contribution in [1.82, 2.24) is 9.80 Å². The van der Waals surface area contributed by atoms with Crippen molar-refractivity contribution in [2.24, 2.45) is 5.92 Å². The Morgan fingerprint density at radius 1 is 1.38 bits per heavy atom. The van der Waals surface area contributed by atoms with Gasteiger partial charge < -0.3 is 9.64 Å². The first-order valence-corrected chi connectivity index (χ1v) is 7.44. The van der Waals surface area contributed by atoms with Crippen LogP contribution < -0.4 is 0 Å². The topological polar surface area (TPSA) is 32.8 Å². The van der Waals surface area contributed by atoms with E-state index in [1.54, 1.807) is 17.0 Å². The number of halogens is 1. The number of nitrogens with zero attached hydrogens (tertiary/aromatic N) is 2. The molecule has 114 valence electrons. The summed E-state index contributed by atoms with van der Waals surface area (Å²) in [4.78, 5) is 15.8. The van der Waals surface area contributed by atoms with Crippen LogP contribution >= 0.6 is 0 Å². The summed E-state index contributed by atoms with van der Waals surface area (Å²) in [6.07, 6.45) is 1.10. The molecule has 1 aromatic carbocycles. The number of hydrogen-bond donors (Lipinski definition) is 0. The predicted molar refractivity (Wildman–Crippen MR) is 77.2 cm³/mol. The number of likely N-dealkylation sites (N-methyl/N-ethyl adjacent to an activating group) is 1. The highest BCUT2D eigenvalue weighted by atomic mass is 19.1. The van der Waals surface area contributed by atoms with Gasteiger partial charge in [-0.05, 0) is 24.1 Å². The fourth-order valence-corrected chi connectivity index (χ4v) is 3.26. The maximum Gasteiger partial charge on any atom is 0.248 e. The van der Waals surface area contributed by atoms with Crippen molar-refractivity contribution >= 4 is 5.91 Å². The van der Waals surface area contributed by atoms with Crippen molar-refractivity contribution in [1.29, 1.82) is 0 Å². The molecule has 4 nitrogen and oxygen atoms in total. The lowest BCUT2D eigenvalue weighted by atomic mass is 9.94. The highest BCUT2D eigenvalue weighted by molar-refractivity contribution is 5.77. The third kappa shape index (κ3) is 3.41. The summed E-state index contributed by atoms with van der Waals surface area (Å²) < 4.78 is 19.0. The van der Waals surface area contributed by atoms with Gasteiger partial charge in [0.1, 0.15) is 12.4 Å². The molecule has 5 heteroatoms. The average molecular weight is 292 g/mol. The molecule has 2 heterocycles. The summed E-state index contributed by atoms with van der Waals surface area (Å²) in [5.41, 5.74) is 0.993. The van der Waals surface area contributed by atoms with E-state index in [-0.39, 0.29) is 24.4 Å². The predicted octanol–water partition coefficient (Wildman–Crippen LogP) is 1.50. The van der Waals surface area contributed by atoms with Gasteiger partial charge in [-0.2, -0.15) is 0 Å². The Balaban J connectivity index is 1.64. The fraction of sp³-hybridized carbons (Fsp3) is 0.562. The molecule has 2 fully saturated rings. The molecule has 0 unspecified atom stereocenters. The van der Waals surface area contributed by atoms with E-state index in [9.17, 15) is 9.18 Å². The van der Waals surface area contributed by atoms with Crippen molar-refractivity contribution in [3.63, 3.8) is 0 Å². The summed E-state index contributed by atoms with van der Waals surface area (Å²) in [6, 6.07) is 6.76. The van der Waals surface area contributed by atoms with Crippen molar-refractivity contribution in [2.45, 2.75) is 19.1 Å². The molecule has 2 saturated heterocycles. The van der Waals surface area contributed by atoms with Crippen LogP contribution in [0.3, 0.4) is 0 Å². The van der Waals surface area contributed by atoms with Crippen LogP contribution in [0.5, 0.6) is 0 Å². The second-order valence-electron chi connectivity index (χ2n) is 6.04. The molecule has 2 atom stereocenters. The van der Waals surface area contributed by atoms with Crippen molar-refractivity contribution in [3.8, 4) is 0 Å². The standard InChI is InChI=1S/C16H21FN2O2/c1-18-9-13-10-19(6-5-15(13)21-11-16(18)20)8-12-3-2-4-14(17)7-12/h2-4,7,13,15H,5-6,8-11H2,1H3/t13-,15-/m0/s1. The number of carbonyl (C=O) groups excluding carboxylic acids is 1. The SMILES string of the molecule is CN1C[C@H]2CN(Cc3cccc(F)c3)CC[C@@H]2OCC1=O. The van der Waals surface area contributed by atoms with E-state index in [0.29, 0.717) is 5.92 Å². The molecule has 2 aliphatic rings. The Labute approximate surface area is 124 Å². The van der Waals surface area contributed by atoms with Crippen molar-refractivity contribution < 1.29 is 13.9 Å². The van der Waals surface area contributed by atoms with Crippen LogP contribution in [-0.4, -0.2) is 55.1 Å². The normalized spacial score (nSPS) is 27.3. The van der Waals surface area contributed by atoms with Gasteiger partial charge in [0, 0.05) is 39.1 Å². The zero-order valence-corrected chi connectivity index (χ0v) is 12.3. The number of benzene rings is 1. The van der Waals surface area contributed by atoms with Crippen LogP contribution in [0.1, 0.15) is 12.0 Å². The quantitative estimate of drug-likeness (QED) is 0.828. The minimum absolute atomic E-state index is 0.0566. The number of carbonyl (C=O) groups is 1. The summed E-state index contributed by atoms with van der Waals surface area (Å²) in [7, 11) is 1.83. The Bertz CT molecular complexity index is 523. The van der Waals surface area contributed by atoms with Gasteiger partial charge in [-0.1, -0.05) is 12.1 Å². The monoisotopic (exact) mass is 292 g/mol. The molecular formula is C16H21FN2O2. The van der Waals surface area contributed by atoms with E-state index < -0.39 is 0 Å². The van der Waals surface area contributed by atoms with Crippen LogP contribution in [0.25, 0.3) is 0 Å². The molecular weight excluding hydrogens is 271 g/mol. The Morgan fingerprint density at radius 3 is 3.05 bits per heavy atom. The van der Waals surface area contributed by atoms with Crippen LogP contribution in [0.2, 0.25) is 0 Å². The second kappa shape index (κ2) is 6.12. The van der Waals surface area contributed by atoms with Crippen LogP contribution in [0.15, 0.2) is 24.3 Å². The first-order chi connectivity index (χ1) is 10.1. The molecule has 0 saturated carbocycles. The molecule has 0 bridgehead atoms. The van der Waals surface area contributed by atoms with Crippen molar-refractivity contribution in [3.05, 3.63) is 35.6 Å². The number of likely N-dealkylation sites (tertiary alicyclic amines) is 1. The van der Waals surface area contributed by atoms with Crippen molar-refractivity contribution in [2.75, 3.05) is 33.3 Å². The van der Waals surface area contributed by atoms with Gasteiger partial charge in [0.05, 0.1) is 6.10 Å². The summed E-state index contributed by atoms with van der Waals surface area (Å²) in [5.74, 6) is 0.204. The van der Waals surface area contributed by atoms with Crippen LogP contribution in [-0.2, 0) is 16.1 Å². The highest BCUT2D eigenvalue weighted by Gasteiger charge is 2.34. The molecule has 21 heavy (non-hydrogen) atoms. The lowest BCUT2D eigenvalue weighted by Gasteiger charge is -2.37. The van der Waals surface area contributed by atoms with E-state index in [0.717, 1.165) is 38.2 Å². The minimum Gasteiger partial charge on any atom is -0.368 e. The third-order valence-electron chi connectivity index (χ3n) is 4.40. The summed E-state index contributed by atoms with van der Waals surface area (Å²) in [6.45, 7) is 3.50. The Hall–Kier alpha value is -1.46. The summed E-state index contributed by atoms with van der Waals surface area (Å²) in [5, 5.41) is 0. The second-order valence-corrected chi connectivity index (χ2v) is 6.04. The first kappa shape index (κ1) is 14.5. The van der Waals surface area contributed by atoms with Crippen LogP contribution in [0, 0.1) is 11.7 Å². The fourth-order valence-electron chi connectivity index (χ4n) is 3.26. The van der Waals surface area contributed by atoms with E-state index in [2.05, 4.69) is 4.90 Å². The molecule has 1 amide bonds. The van der Waals surface area contributed by atoms with E-state index >= 15 is 0 Å². The molecule has 0 aromatic heterocycles. The zero-order chi connectivity index (χ0) is 14.8. The van der Waals surface area contributed by atoms with E-state index in [4.69, 9.17) is 4.74 Å². The van der Waals surface area contributed by atoms with Crippen LogP contribution in [0.4, 0.5) is 4.39 Å². The third-order valence-corrected chi connectivity index (χ3v) is 4.40. The number of hydrogen-bond acceptors (Lipinski definition) is 3. The zero-order valence-electron chi connectivity index (χ0n) is 12.3. The lowest BCUT2D eigenvalue weighted by Crippen LogP contribution is -2.46. The minimum atomic E-state index is -0.189. The number of piperidine rings is 1. The largest absolute Gasteiger partial charge is 0.368 e. The number of amides is 1. The smallest absolute Gasteiger partial charge is 0.248 e. The van der Waals surface area contributed by atoms with E-state index in [1.807, 2.05) is 13.1 Å². The molecule has 0 aliphatic carbocycles. The molecule has 3 rings (SSSR count). The van der Waals surface area contributed by atoms with E-state index in [1.165, 1.54) is 6.07 Å². The lowest BCUT2D eigenvalue weighted by molar-refractivity contribution is -0.133. The molecule has 0 spiro atoms. The van der Waals surface area contributed by atoms with Gasteiger partial charge in [-0.15, -0.1) is 0 Å². The molecule has 2 aliphatic heterocycles. The number of ether oxygens (including phenoxy) is 1. The maximum absolute atomic E-state index is 13.3. The van der Waals surface area contributed by atoms with Gasteiger partial charge in [-0.3, -0.25) is 9.69 Å². The molecule has 1 aromatic rings. The molecule has 0 N–H and O–H groups in total. The Kier molecular flexibility index (Phi) is 4.22. The average Bonchev–Trinajstić information content (AvgIpc) is 2.59.